The van der Waals surface area contributed by atoms with Crippen molar-refractivity contribution in [3.05, 3.63) is 53.2 Å². The van der Waals surface area contributed by atoms with E-state index < -0.39 is 10.0 Å². The lowest BCUT2D eigenvalue weighted by Crippen LogP contribution is -2.16. The first-order valence-corrected chi connectivity index (χ1v) is 7.58. The van der Waals surface area contributed by atoms with Gasteiger partial charge in [-0.2, -0.15) is 0 Å². The zero-order chi connectivity index (χ0) is 14.8. The highest BCUT2D eigenvalue weighted by atomic mass is 32.2. The molecule has 6 heteroatoms. The molecule has 0 bridgehead atoms. The summed E-state index contributed by atoms with van der Waals surface area (Å²) >= 11 is 0. The number of rotatable bonds is 4. The van der Waals surface area contributed by atoms with Crippen LogP contribution in [-0.4, -0.2) is 18.5 Å². The van der Waals surface area contributed by atoms with Gasteiger partial charge in [-0.15, -0.1) is 0 Å². The predicted molar refractivity (Wildman–Crippen MR) is 76.9 cm³/mol. The Hall–Kier alpha value is -1.92. The molecule has 2 aromatic rings. The smallest absolute Gasteiger partial charge is 0.263 e. The summed E-state index contributed by atoms with van der Waals surface area (Å²) in [6, 6.07) is 9.92. The molecule has 0 saturated carbocycles. The summed E-state index contributed by atoms with van der Waals surface area (Å²) < 4.78 is 27.2. The minimum Gasteiger partial charge on any atom is -0.392 e. The highest BCUT2D eigenvalue weighted by molar-refractivity contribution is 7.92. The van der Waals surface area contributed by atoms with Crippen molar-refractivity contribution in [2.24, 2.45) is 0 Å². The van der Waals surface area contributed by atoms with Crippen molar-refractivity contribution in [1.29, 1.82) is 0 Å². The number of anilines is 1. The number of nitrogens with zero attached hydrogens (tertiary/aromatic N) is 1. The Morgan fingerprint density at radius 1 is 1.15 bits per heavy atom. The minimum atomic E-state index is -3.72. The molecule has 0 unspecified atom stereocenters. The monoisotopic (exact) mass is 292 g/mol. The molecule has 1 aromatic carbocycles. The molecular formula is C14H16N2O3S. The number of aryl methyl sites for hydroxylation is 1. The van der Waals surface area contributed by atoms with Crippen LogP contribution in [-0.2, 0) is 16.6 Å². The number of hydrogen-bond donors (Lipinski definition) is 2. The van der Waals surface area contributed by atoms with Crippen molar-refractivity contribution in [1.82, 2.24) is 4.98 Å². The van der Waals surface area contributed by atoms with Crippen molar-refractivity contribution < 1.29 is 13.5 Å². The van der Waals surface area contributed by atoms with Gasteiger partial charge in [0.05, 0.1) is 11.5 Å². The molecule has 0 saturated heterocycles. The molecule has 0 aliphatic carbocycles. The molecule has 5 nitrogen and oxygen atoms in total. The van der Waals surface area contributed by atoms with E-state index >= 15 is 0 Å². The quantitative estimate of drug-likeness (QED) is 0.903. The molecule has 0 radical (unpaired) electrons. The topological polar surface area (TPSA) is 79.3 Å². The van der Waals surface area contributed by atoms with E-state index in [-0.39, 0.29) is 17.3 Å². The summed E-state index contributed by atoms with van der Waals surface area (Å²) in [5.74, 6) is 0.277. The lowest BCUT2D eigenvalue weighted by molar-refractivity contribution is 0.280. The van der Waals surface area contributed by atoms with Crippen molar-refractivity contribution in [2.75, 3.05) is 4.72 Å². The summed E-state index contributed by atoms with van der Waals surface area (Å²) in [5.41, 5.74) is 1.85. The number of hydrogen-bond acceptors (Lipinski definition) is 4. The van der Waals surface area contributed by atoms with E-state index in [0.29, 0.717) is 11.1 Å². The molecule has 0 fully saturated rings. The van der Waals surface area contributed by atoms with Gasteiger partial charge in [0.2, 0.25) is 0 Å². The molecular weight excluding hydrogens is 276 g/mol. The number of aliphatic hydroxyl groups excluding tert-OH is 1. The largest absolute Gasteiger partial charge is 0.392 e. The maximum atomic E-state index is 12.4. The second kappa shape index (κ2) is 5.60. The average Bonchev–Trinajstić information content (AvgIpc) is 2.38. The molecule has 106 valence electrons. The summed E-state index contributed by atoms with van der Waals surface area (Å²) in [7, 11) is -3.72. The first-order valence-electron chi connectivity index (χ1n) is 6.10. The first kappa shape index (κ1) is 14.5. The molecule has 1 heterocycles. The summed E-state index contributed by atoms with van der Waals surface area (Å²) in [4.78, 5) is 4.26. The molecule has 2 rings (SSSR count). The molecule has 0 aliphatic rings. The van der Waals surface area contributed by atoms with Gasteiger partial charge in [-0.1, -0.05) is 18.2 Å². The van der Waals surface area contributed by atoms with Gasteiger partial charge in [-0.3, -0.25) is 4.72 Å². The average molecular weight is 292 g/mol. The number of pyridine rings is 1. The van der Waals surface area contributed by atoms with Gasteiger partial charge in [0.15, 0.2) is 0 Å². The normalized spacial score (nSPS) is 11.3. The second-order valence-electron chi connectivity index (χ2n) is 4.47. The maximum Gasteiger partial charge on any atom is 0.263 e. The Bertz CT molecular complexity index is 727. The fourth-order valence-electron chi connectivity index (χ4n) is 1.91. The zero-order valence-corrected chi connectivity index (χ0v) is 12.1. The van der Waals surface area contributed by atoms with Crippen LogP contribution >= 0.6 is 0 Å². The minimum absolute atomic E-state index is 0.146. The van der Waals surface area contributed by atoms with Gasteiger partial charge in [0.25, 0.3) is 10.0 Å². The lowest BCUT2D eigenvalue weighted by Gasteiger charge is -2.12. The van der Waals surface area contributed by atoms with Crippen molar-refractivity contribution >= 4 is 15.8 Å². The summed E-state index contributed by atoms with van der Waals surface area (Å²) in [6.45, 7) is 3.26. The van der Waals surface area contributed by atoms with Crippen molar-refractivity contribution in [3.63, 3.8) is 0 Å². The third-order valence-corrected chi connectivity index (χ3v) is 4.48. The Kier molecular flexibility index (Phi) is 4.06. The highest BCUT2D eigenvalue weighted by Crippen LogP contribution is 2.21. The van der Waals surface area contributed by atoms with E-state index in [1.807, 2.05) is 0 Å². The molecule has 0 spiro atoms. The van der Waals surface area contributed by atoms with Gasteiger partial charge in [-0.05, 0) is 43.2 Å². The first-order chi connectivity index (χ1) is 9.44. The summed E-state index contributed by atoms with van der Waals surface area (Å²) in [5, 5.41) is 9.21. The number of aromatic nitrogens is 1. The Labute approximate surface area is 118 Å². The number of nitrogens with one attached hydrogen (secondary N) is 1. The number of aliphatic hydroxyl groups is 1. The van der Waals surface area contributed by atoms with Crippen molar-refractivity contribution in [2.45, 2.75) is 25.3 Å². The van der Waals surface area contributed by atoms with Crippen LogP contribution in [0.1, 0.15) is 16.8 Å². The number of sulfonamides is 1. The fourth-order valence-corrected chi connectivity index (χ4v) is 3.21. The third-order valence-electron chi connectivity index (χ3n) is 2.98. The standard InChI is InChI=1S/C14H16N2O3S/c1-10-5-3-8-14(15-10)16-20(18,19)13-7-4-6-12(9-17)11(13)2/h3-8,17H,9H2,1-2H3,(H,15,16). The predicted octanol–water partition coefficient (Wildman–Crippen LogP) is 1.99. The van der Waals surface area contributed by atoms with Gasteiger partial charge in [0, 0.05) is 5.69 Å². The van der Waals surface area contributed by atoms with Crippen LogP contribution in [0.4, 0.5) is 5.82 Å². The molecule has 0 atom stereocenters. The van der Waals surface area contributed by atoms with E-state index in [2.05, 4.69) is 9.71 Å². The van der Waals surface area contributed by atoms with Crippen LogP contribution in [0.3, 0.4) is 0 Å². The van der Waals surface area contributed by atoms with Crippen molar-refractivity contribution in [3.8, 4) is 0 Å². The lowest BCUT2D eigenvalue weighted by atomic mass is 10.1. The Morgan fingerprint density at radius 3 is 2.50 bits per heavy atom. The highest BCUT2D eigenvalue weighted by Gasteiger charge is 2.18. The van der Waals surface area contributed by atoms with Gasteiger partial charge in [-0.25, -0.2) is 13.4 Å². The second-order valence-corrected chi connectivity index (χ2v) is 6.12. The van der Waals surface area contributed by atoms with Gasteiger partial charge in [0.1, 0.15) is 5.82 Å². The third kappa shape index (κ3) is 2.97. The van der Waals surface area contributed by atoms with E-state index in [9.17, 15) is 13.5 Å². The maximum absolute atomic E-state index is 12.4. The number of benzene rings is 1. The molecule has 0 amide bonds. The molecule has 2 N–H and O–H groups in total. The van der Waals surface area contributed by atoms with Crippen LogP contribution in [0.15, 0.2) is 41.3 Å². The Balaban J connectivity index is 2.41. The molecule has 0 aliphatic heterocycles. The fraction of sp³-hybridized carbons (Fsp3) is 0.214. The van der Waals surface area contributed by atoms with E-state index in [4.69, 9.17) is 0 Å². The molecule has 20 heavy (non-hydrogen) atoms. The van der Waals surface area contributed by atoms with Crippen LogP contribution < -0.4 is 4.72 Å². The van der Waals surface area contributed by atoms with E-state index in [1.165, 1.54) is 6.07 Å². The Morgan fingerprint density at radius 2 is 1.85 bits per heavy atom. The molecule has 1 aromatic heterocycles. The summed E-state index contributed by atoms with van der Waals surface area (Å²) in [6.07, 6.45) is 0. The van der Waals surface area contributed by atoms with Crippen LogP contribution in [0.25, 0.3) is 0 Å². The van der Waals surface area contributed by atoms with E-state index in [0.717, 1.165) is 5.69 Å². The van der Waals surface area contributed by atoms with Gasteiger partial charge < -0.3 is 5.11 Å². The van der Waals surface area contributed by atoms with Gasteiger partial charge >= 0.3 is 0 Å². The zero-order valence-electron chi connectivity index (χ0n) is 11.3. The van der Waals surface area contributed by atoms with Crippen LogP contribution in [0.5, 0.6) is 0 Å². The SMILES string of the molecule is Cc1cccc(NS(=O)(=O)c2cccc(CO)c2C)n1. The van der Waals surface area contributed by atoms with Crippen LogP contribution in [0, 0.1) is 13.8 Å². The van der Waals surface area contributed by atoms with Crippen LogP contribution in [0.2, 0.25) is 0 Å². The van der Waals surface area contributed by atoms with E-state index in [1.54, 1.807) is 44.2 Å².